The number of likely N-dealkylation sites (N-methyl/N-ethyl adjacent to an activating group) is 2. The first kappa shape index (κ1) is 15.5. The van der Waals surface area contributed by atoms with E-state index in [0.717, 1.165) is 38.0 Å². The van der Waals surface area contributed by atoms with Crippen molar-refractivity contribution in [1.82, 2.24) is 15.1 Å². The maximum atomic E-state index is 5.65. The van der Waals surface area contributed by atoms with Gasteiger partial charge in [0.2, 0.25) is 0 Å². The van der Waals surface area contributed by atoms with Gasteiger partial charge in [0.15, 0.2) is 0 Å². The summed E-state index contributed by atoms with van der Waals surface area (Å²) in [4.78, 5) is 4.75. The molecule has 1 aromatic rings. The third-order valence-corrected chi connectivity index (χ3v) is 4.00. The SMILES string of the molecule is CCN(Cc1ccoc1CNC1CC1)C(C)CN(C)C. The van der Waals surface area contributed by atoms with Crippen molar-refractivity contribution < 1.29 is 4.42 Å². The Bertz CT molecular complexity index is 398. The zero-order valence-electron chi connectivity index (χ0n) is 13.4. The summed E-state index contributed by atoms with van der Waals surface area (Å²) in [6.45, 7) is 8.52. The Morgan fingerprint density at radius 1 is 1.40 bits per heavy atom. The molecular formula is C16H29N3O. The van der Waals surface area contributed by atoms with Gasteiger partial charge < -0.3 is 14.6 Å². The predicted octanol–water partition coefficient (Wildman–Crippen LogP) is 2.30. The van der Waals surface area contributed by atoms with E-state index in [1.165, 1.54) is 18.4 Å². The van der Waals surface area contributed by atoms with E-state index in [1.54, 1.807) is 0 Å². The summed E-state index contributed by atoms with van der Waals surface area (Å²) in [5.41, 5.74) is 1.32. The maximum Gasteiger partial charge on any atom is 0.122 e. The molecule has 0 amide bonds. The van der Waals surface area contributed by atoms with Gasteiger partial charge in [0, 0.05) is 30.7 Å². The number of nitrogens with zero attached hydrogens (tertiary/aromatic N) is 2. The van der Waals surface area contributed by atoms with Crippen molar-refractivity contribution in [3.8, 4) is 0 Å². The minimum absolute atomic E-state index is 0.550. The van der Waals surface area contributed by atoms with Crippen LogP contribution in [-0.2, 0) is 13.1 Å². The monoisotopic (exact) mass is 279 g/mol. The van der Waals surface area contributed by atoms with E-state index in [2.05, 4.69) is 49.1 Å². The Labute approximate surface area is 123 Å². The lowest BCUT2D eigenvalue weighted by molar-refractivity contribution is 0.173. The molecule has 4 heteroatoms. The number of hydrogen-bond donors (Lipinski definition) is 1. The summed E-state index contributed by atoms with van der Waals surface area (Å²) in [6, 6.07) is 3.40. The molecule has 114 valence electrons. The molecular weight excluding hydrogens is 250 g/mol. The molecule has 1 aromatic heterocycles. The molecule has 1 N–H and O–H groups in total. The molecule has 1 aliphatic carbocycles. The highest BCUT2D eigenvalue weighted by molar-refractivity contribution is 5.17. The average molecular weight is 279 g/mol. The molecule has 0 spiro atoms. The van der Waals surface area contributed by atoms with E-state index >= 15 is 0 Å². The Hall–Kier alpha value is -0.840. The first-order chi connectivity index (χ1) is 9.60. The molecule has 0 bridgehead atoms. The fourth-order valence-electron chi connectivity index (χ4n) is 2.63. The first-order valence-corrected chi connectivity index (χ1v) is 7.77. The minimum Gasteiger partial charge on any atom is -0.468 e. The van der Waals surface area contributed by atoms with Gasteiger partial charge in [0.25, 0.3) is 0 Å². The quantitative estimate of drug-likeness (QED) is 0.751. The molecule has 1 unspecified atom stereocenters. The van der Waals surface area contributed by atoms with Gasteiger partial charge in [-0.2, -0.15) is 0 Å². The zero-order chi connectivity index (χ0) is 14.5. The van der Waals surface area contributed by atoms with Crippen LogP contribution in [0.3, 0.4) is 0 Å². The largest absolute Gasteiger partial charge is 0.468 e. The van der Waals surface area contributed by atoms with Crippen LogP contribution in [0.25, 0.3) is 0 Å². The van der Waals surface area contributed by atoms with Crippen LogP contribution >= 0.6 is 0 Å². The fourth-order valence-corrected chi connectivity index (χ4v) is 2.63. The van der Waals surface area contributed by atoms with E-state index in [0.29, 0.717) is 6.04 Å². The fraction of sp³-hybridized carbons (Fsp3) is 0.750. The van der Waals surface area contributed by atoms with Gasteiger partial charge in [-0.25, -0.2) is 0 Å². The molecule has 0 radical (unpaired) electrons. The van der Waals surface area contributed by atoms with Crippen LogP contribution in [-0.4, -0.2) is 49.1 Å². The van der Waals surface area contributed by atoms with E-state index in [4.69, 9.17) is 4.42 Å². The normalized spacial score (nSPS) is 17.1. The molecule has 2 rings (SSSR count). The van der Waals surface area contributed by atoms with Gasteiger partial charge in [-0.3, -0.25) is 4.90 Å². The Morgan fingerprint density at radius 3 is 2.75 bits per heavy atom. The van der Waals surface area contributed by atoms with E-state index in [1.807, 2.05) is 6.26 Å². The van der Waals surface area contributed by atoms with Crippen molar-refractivity contribution in [3.05, 3.63) is 23.7 Å². The average Bonchev–Trinajstić information content (AvgIpc) is 3.12. The van der Waals surface area contributed by atoms with Gasteiger partial charge in [-0.1, -0.05) is 6.92 Å². The van der Waals surface area contributed by atoms with Crippen LogP contribution in [0.2, 0.25) is 0 Å². The summed E-state index contributed by atoms with van der Waals surface area (Å²) in [5.74, 6) is 1.10. The molecule has 20 heavy (non-hydrogen) atoms. The topological polar surface area (TPSA) is 31.7 Å². The molecule has 1 heterocycles. The Kier molecular flexibility index (Phi) is 5.64. The predicted molar refractivity (Wildman–Crippen MR) is 82.7 cm³/mol. The molecule has 1 fully saturated rings. The minimum atomic E-state index is 0.550. The number of nitrogens with one attached hydrogen (secondary N) is 1. The van der Waals surface area contributed by atoms with Crippen molar-refractivity contribution in [2.75, 3.05) is 27.2 Å². The highest BCUT2D eigenvalue weighted by atomic mass is 16.3. The highest BCUT2D eigenvalue weighted by Gasteiger charge is 2.22. The summed E-state index contributed by atoms with van der Waals surface area (Å²) in [5, 5.41) is 3.53. The van der Waals surface area contributed by atoms with Gasteiger partial charge in [0.05, 0.1) is 12.8 Å². The van der Waals surface area contributed by atoms with Crippen molar-refractivity contribution >= 4 is 0 Å². The van der Waals surface area contributed by atoms with Crippen molar-refractivity contribution in [2.24, 2.45) is 0 Å². The second-order valence-corrected chi connectivity index (χ2v) is 6.20. The summed E-state index contributed by atoms with van der Waals surface area (Å²) < 4.78 is 5.65. The summed E-state index contributed by atoms with van der Waals surface area (Å²) in [6.07, 6.45) is 4.46. The van der Waals surface area contributed by atoms with Crippen LogP contribution < -0.4 is 5.32 Å². The van der Waals surface area contributed by atoms with Gasteiger partial charge in [0.1, 0.15) is 5.76 Å². The number of rotatable bonds is 9. The third-order valence-electron chi connectivity index (χ3n) is 4.00. The first-order valence-electron chi connectivity index (χ1n) is 7.77. The maximum absolute atomic E-state index is 5.65. The summed E-state index contributed by atoms with van der Waals surface area (Å²) in [7, 11) is 4.26. The lowest BCUT2D eigenvalue weighted by Gasteiger charge is -2.29. The molecule has 0 saturated heterocycles. The van der Waals surface area contributed by atoms with Crippen LogP contribution in [0.4, 0.5) is 0 Å². The van der Waals surface area contributed by atoms with Crippen molar-refractivity contribution in [3.63, 3.8) is 0 Å². The van der Waals surface area contributed by atoms with E-state index in [-0.39, 0.29) is 0 Å². The van der Waals surface area contributed by atoms with E-state index in [9.17, 15) is 0 Å². The molecule has 1 saturated carbocycles. The molecule has 4 nitrogen and oxygen atoms in total. The number of hydrogen-bond acceptors (Lipinski definition) is 4. The van der Waals surface area contributed by atoms with Crippen LogP contribution in [0.5, 0.6) is 0 Å². The van der Waals surface area contributed by atoms with Gasteiger partial charge in [-0.05, 0) is 46.5 Å². The molecule has 0 aromatic carbocycles. The molecule has 0 aliphatic heterocycles. The lowest BCUT2D eigenvalue weighted by atomic mass is 10.2. The molecule has 1 aliphatic rings. The molecule has 1 atom stereocenters. The smallest absolute Gasteiger partial charge is 0.122 e. The lowest BCUT2D eigenvalue weighted by Crippen LogP contribution is -2.39. The third kappa shape index (κ3) is 4.62. The Morgan fingerprint density at radius 2 is 2.15 bits per heavy atom. The zero-order valence-corrected chi connectivity index (χ0v) is 13.4. The van der Waals surface area contributed by atoms with Crippen LogP contribution in [0, 0.1) is 0 Å². The van der Waals surface area contributed by atoms with Crippen LogP contribution in [0.15, 0.2) is 16.7 Å². The van der Waals surface area contributed by atoms with Gasteiger partial charge >= 0.3 is 0 Å². The number of furan rings is 1. The second kappa shape index (κ2) is 7.25. The van der Waals surface area contributed by atoms with Crippen LogP contribution in [0.1, 0.15) is 38.0 Å². The van der Waals surface area contributed by atoms with E-state index < -0.39 is 0 Å². The van der Waals surface area contributed by atoms with Crippen molar-refractivity contribution in [2.45, 2.75) is 51.9 Å². The summed E-state index contributed by atoms with van der Waals surface area (Å²) >= 11 is 0. The second-order valence-electron chi connectivity index (χ2n) is 6.20. The van der Waals surface area contributed by atoms with Crippen molar-refractivity contribution in [1.29, 1.82) is 0 Å². The highest BCUT2D eigenvalue weighted by Crippen LogP contribution is 2.21. The van der Waals surface area contributed by atoms with Gasteiger partial charge in [-0.15, -0.1) is 0 Å². The standard InChI is InChI=1S/C16H29N3O/c1-5-19(13(2)11-18(3)4)12-14-8-9-20-16(14)10-17-15-6-7-15/h8-9,13,15,17H,5-7,10-12H2,1-4H3. The Balaban J connectivity index is 1.90.